The number of Topliss-reactive ketones (excluding diaryl/α,β-unsaturated/α-hetero) is 1. The first-order chi connectivity index (χ1) is 11.6. The molecule has 0 unspecified atom stereocenters. The normalized spacial score (nSPS) is 12.0. The number of ketones is 1. The van der Waals surface area contributed by atoms with Gasteiger partial charge in [0.2, 0.25) is 0 Å². The summed E-state index contributed by atoms with van der Waals surface area (Å²) in [6.45, 7) is 3.89. The van der Waals surface area contributed by atoms with E-state index in [2.05, 4.69) is 16.0 Å². The van der Waals surface area contributed by atoms with Crippen LogP contribution in [0.25, 0.3) is 10.9 Å². The van der Waals surface area contributed by atoms with Crippen molar-refractivity contribution in [3.63, 3.8) is 0 Å². The summed E-state index contributed by atoms with van der Waals surface area (Å²) in [4.78, 5) is 21.2. The molecule has 6 heteroatoms. The van der Waals surface area contributed by atoms with E-state index < -0.39 is 5.92 Å². The molecule has 0 aliphatic rings. The molecule has 0 aliphatic carbocycles. The van der Waals surface area contributed by atoms with Crippen molar-refractivity contribution < 1.29 is 4.79 Å². The maximum absolute atomic E-state index is 12.4. The summed E-state index contributed by atoms with van der Waals surface area (Å²) < 4.78 is 0. The molecule has 0 aliphatic heterocycles. The fourth-order valence-corrected chi connectivity index (χ4v) is 4.13. The number of carbonyl (C=O) groups excluding carboxylic acids is 1. The van der Waals surface area contributed by atoms with Crippen LogP contribution in [-0.2, 0) is 4.79 Å². The molecular formula is C18H15N3OS2. The molecule has 0 amide bonds. The Labute approximate surface area is 148 Å². The molecule has 24 heavy (non-hydrogen) atoms. The first kappa shape index (κ1) is 16.6. The molecular weight excluding hydrogens is 338 g/mol. The summed E-state index contributed by atoms with van der Waals surface area (Å²) in [5, 5.41) is 13.7. The van der Waals surface area contributed by atoms with E-state index in [0.717, 1.165) is 27.2 Å². The van der Waals surface area contributed by atoms with Gasteiger partial charge in [-0.25, -0.2) is 9.97 Å². The van der Waals surface area contributed by atoms with Crippen LogP contribution in [-0.4, -0.2) is 21.5 Å². The van der Waals surface area contributed by atoms with Gasteiger partial charge in [-0.15, -0.1) is 11.3 Å². The molecule has 0 saturated heterocycles. The second-order valence-corrected chi connectivity index (χ2v) is 7.32. The molecule has 120 valence electrons. The van der Waals surface area contributed by atoms with Gasteiger partial charge in [-0.1, -0.05) is 30.0 Å². The molecule has 3 aromatic rings. The SMILES string of the molecule is Cc1csc([C@@H](C#N)C(=O)CSc2cc(C)c3ccccc3n2)n1. The van der Waals surface area contributed by atoms with Crippen LogP contribution in [0.1, 0.15) is 22.2 Å². The lowest BCUT2D eigenvalue weighted by Gasteiger charge is -2.07. The number of nitriles is 1. The summed E-state index contributed by atoms with van der Waals surface area (Å²) in [5.41, 5.74) is 2.88. The third-order valence-corrected chi connectivity index (χ3v) is 5.56. The van der Waals surface area contributed by atoms with Crippen molar-refractivity contribution in [3.8, 4) is 6.07 Å². The van der Waals surface area contributed by atoms with Crippen LogP contribution in [0.5, 0.6) is 0 Å². The fourth-order valence-electron chi connectivity index (χ4n) is 2.39. The monoisotopic (exact) mass is 353 g/mol. The van der Waals surface area contributed by atoms with Crippen LogP contribution in [0.15, 0.2) is 40.7 Å². The highest BCUT2D eigenvalue weighted by Crippen LogP contribution is 2.26. The number of aromatic nitrogens is 2. The van der Waals surface area contributed by atoms with Gasteiger partial charge in [0, 0.05) is 16.5 Å². The highest BCUT2D eigenvalue weighted by atomic mass is 32.2. The number of benzene rings is 1. The summed E-state index contributed by atoms with van der Waals surface area (Å²) in [6.07, 6.45) is 0. The van der Waals surface area contributed by atoms with E-state index in [1.54, 1.807) is 0 Å². The van der Waals surface area contributed by atoms with Gasteiger partial charge in [0.25, 0.3) is 0 Å². The standard InChI is InChI=1S/C18H15N3OS2/c1-11-7-17(21-15-6-4-3-5-13(11)15)23-10-16(22)14(8-19)18-20-12(2)9-24-18/h3-7,9,14H,10H2,1-2H3/t14-/m0/s1. The van der Waals surface area contributed by atoms with E-state index in [4.69, 9.17) is 0 Å². The second kappa shape index (κ2) is 7.12. The first-order valence-corrected chi connectivity index (χ1v) is 9.28. The minimum Gasteiger partial charge on any atom is -0.297 e. The Kier molecular flexibility index (Phi) is 4.93. The average molecular weight is 353 g/mol. The van der Waals surface area contributed by atoms with Gasteiger partial charge in [0.1, 0.15) is 5.01 Å². The lowest BCUT2D eigenvalue weighted by Crippen LogP contribution is -2.13. The van der Waals surface area contributed by atoms with Crippen LogP contribution >= 0.6 is 23.1 Å². The van der Waals surface area contributed by atoms with E-state index in [9.17, 15) is 10.1 Å². The van der Waals surface area contributed by atoms with Crippen LogP contribution in [0, 0.1) is 25.2 Å². The van der Waals surface area contributed by atoms with Crippen LogP contribution < -0.4 is 0 Å². The predicted octanol–water partition coefficient (Wildman–Crippen LogP) is 4.28. The van der Waals surface area contributed by atoms with Crippen LogP contribution in [0.3, 0.4) is 0 Å². The van der Waals surface area contributed by atoms with Crippen molar-refractivity contribution in [1.29, 1.82) is 5.26 Å². The zero-order valence-electron chi connectivity index (χ0n) is 13.3. The predicted molar refractivity (Wildman–Crippen MR) is 97.4 cm³/mol. The molecule has 4 nitrogen and oxygen atoms in total. The minimum atomic E-state index is -0.794. The van der Waals surface area contributed by atoms with Gasteiger partial charge >= 0.3 is 0 Å². The largest absolute Gasteiger partial charge is 0.297 e. The summed E-state index contributed by atoms with van der Waals surface area (Å²) in [6, 6.07) is 12.0. The van der Waals surface area contributed by atoms with E-state index in [1.165, 1.54) is 23.1 Å². The Morgan fingerprint density at radius 3 is 2.83 bits per heavy atom. The number of carbonyl (C=O) groups is 1. The maximum Gasteiger partial charge on any atom is 0.167 e. The molecule has 3 rings (SSSR count). The average Bonchev–Trinajstić information content (AvgIpc) is 3.00. The van der Waals surface area contributed by atoms with Gasteiger partial charge in [-0.2, -0.15) is 5.26 Å². The topological polar surface area (TPSA) is 66.6 Å². The van der Waals surface area contributed by atoms with Gasteiger partial charge in [0.05, 0.1) is 22.4 Å². The number of para-hydroxylation sites is 1. The van der Waals surface area contributed by atoms with Gasteiger partial charge in [-0.05, 0) is 31.5 Å². The molecule has 1 atom stereocenters. The smallest absolute Gasteiger partial charge is 0.167 e. The number of hydrogen-bond acceptors (Lipinski definition) is 6. The minimum absolute atomic E-state index is 0.135. The quantitative estimate of drug-likeness (QED) is 0.641. The number of rotatable bonds is 5. The molecule has 2 heterocycles. The fraction of sp³-hybridized carbons (Fsp3) is 0.222. The number of hydrogen-bond donors (Lipinski definition) is 0. The third kappa shape index (κ3) is 3.48. The Hall–Kier alpha value is -2.23. The Bertz CT molecular complexity index is 943. The van der Waals surface area contributed by atoms with E-state index in [0.29, 0.717) is 5.01 Å². The van der Waals surface area contributed by atoms with Gasteiger partial charge < -0.3 is 0 Å². The second-order valence-electron chi connectivity index (χ2n) is 5.44. The van der Waals surface area contributed by atoms with E-state index in [1.807, 2.05) is 49.6 Å². The zero-order chi connectivity index (χ0) is 17.1. The van der Waals surface area contributed by atoms with Gasteiger partial charge in [0.15, 0.2) is 11.7 Å². The van der Waals surface area contributed by atoms with Gasteiger partial charge in [-0.3, -0.25) is 4.79 Å². The molecule has 0 fully saturated rings. The van der Waals surface area contributed by atoms with Crippen molar-refractivity contribution in [1.82, 2.24) is 9.97 Å². The number of thioether (sulfide) groups is 1. The van der Waals surface area contributed by atoms with Crippen molar-refractivity contribution in [2.24, 2.45) is 0 Å². The molecule has 2 aromatic heterocycles. The van der Waals surface area contributed by atoms with Crippen molar-refractivity contribution in [3.05, 3.63) is 52.0 Å². The third-order valence-electron chi connectivity index (χ3n) is 3.60. The lowest BCUT2D eigenvalue weighted by atomic mass is 10.1. The number of fused-ring (bicyclic) bond motifs is 1. The molecule has 1 aromatic carbocycles. The number of thiazole rings is 1. The number of aryl methyl sites for hydroxylation is 2. The Morgan fingerprint density at radius 2 is 2.12 bits per heavy atom. The Balaban J connectivity index is 1.75. The van der Waals surface area contributed by atoms with E-state index >= 15 is 0 Å². The van der Waals surface area contributed by atoms with Crippen LogP contribution in [0.2, 0.25) is 0 Å². The summed E-state index contributed by atoms with van der Waals surface area (Å²) in [7, 11) is 0. The van der Waals surface area contributed by atoms with E-state index in [-0.39, 0.29) is 11.5 Å². The van der Waals surface area contributed by atoms with Crippen molar-refractivity contribution >= 4 is 39.8 Å². The highest BCUT2D eigenvalue weighted by Gasteiger charge is 2.23. The van der Waals surface area contributed by atoms with Crippen molar-refractivity contribution in [2.45, 2.75) is 24.8 Å². The van der Waals surface area contributed by atoms with Crippen molar-refractivity contribution in [2.75, 3.05) is 5.75 Å². The summed E-state index contributed by atoms with van der Waals surface area (Å²) >= 11 is 2.73. The molecule has 0 radical (unpaired) electrons. The first-order valence-electron chi connectivity index (χ1n) is 7.42. The Morgan fingerprint density at radius 1 is 1.33 bits per heavy atom. The lowest BCUT2D eigenvalue weighted by molar-refractivity contribution is -0.116. The number of nitrogens with zero attached hydrogens (tertiary/aromatic N) is 3. The number of pyridine rings is 1. The van der Waals surface area contributed by atoms with Crippen LogP contribution in [0.4, 0.5) is 0 Å². The maximum atomic E-state index is 12.4. The zero-order valence-corrected chi connectivity index (χ0v) is 14.9. The molecule has 0 spiro atoms. The highest BCUT2D eigenvalue weighted by molar-refractivity contribution is 7.99. The molecule has 0 saturated carbocycles. The summed E-state index contributed by atoms with van der Waals surface area (Å²) in [5.74, 6) is -0.719. The molecule has 0 bridgehead atoms. The molecule has 0 N–H and O–H groups in total.